The third-order valence-corrected chi connectivity index (χ3v) is 1.63. The van der Waals surface area contributed by atoms with Gasteiger partial charge in [0, 0.05) is 11.7 Å². The zero-order chi connectivity index (χ0) is 9.07. The van der Waals surface area contributed by atoms with Crippen molar-refractivity contribution in [2.45, 2.75) is 26.9 Å². The van der Waals surface area contributed by atoms with Gasteiger partial charge in [-0.25, -0.2) is 4.21 Å². The van der Waals surface area contributed by atoms with Crippen molar-refractivity contribution in [1.82, 2.24) is 0 Å². The number of hydrogen-bond donors (Lipinski definition) is 0. The minimum Gasteiger partial charge on any atom is -0.274 e. The van der Waals surface area contributed by atoms with Crippen LogP contribution in [0.15, 0.2) is 0 Å². The third-order valence-electron chi connectivity index (χ3n) is 1.17. The zero-order valence-corrected chi connectivity index (χ0v) is 8.20. The standard InChI is InChI=1S/C8H14O2S/c1-6-7(8(2,3)4)10-11(5)9/h1,7H,2-5H3/t7-,11?/m0/s1. The molecule has 0 aliphatic carbocycles. The molecule has 0 aromatic rings. The molecule has 64 valence electrons. The highest BCUT2D eigenvalue weighted by atomic mass is 32.2. The molecule has 0 bridgehead atoms. The van der Waals surface area contributed by atoms with Gasteiger partial charge < -0.3 is 0 Å². The highest BCUT2D eigenvalue weighted by molar-refractivity contribution is 7.79. The van der Waals surface area contributed by atoms with E-state index in [2.05, 4.69) is 5.92 Å². The number of terminal acetylenes is 1. The maximum absolute atomic E-state index is 10.7. The van der Waals surface area contributed by atoms with E-state index in [1.54, 1.807) is 0 Å². The van der Waals surface area contributed by atoms with E-state index < -0.39 is 11.1 Å². The first-order chi connectivity index (χ1) is 4.88. The van der Waals surface area contributed by atoms with E-state index in [-0.39, 0.29) is 11.5 Å². The normalized spacial score (nSPS) is 17.0. The molecule has 0 aliphatic rings. The summed E-state index contributed by atoms with van der Waals surface area (Å²) in [5.74, 6) is 2.46. The van der Waals surface area contributed by atoms with Crippen LogP contribution in [-0.2, 0) is 15.3 Å². The second-order valence-corrected chi connectivity index (χ2v) is 4.41. The van der Waals surface area contributed by atoms with Gasteiger partial charge in [0.1, 0.15) is 6.10 Å². The van der Waals surface area contributed by atoms with Crippen molar-refractivity contribution in [2.75, 3.05) is 6.26 Å². The molecule has 0 radical (unpaired) electrons. The van der Waals surface area contributed by atoms with Crippen LogP contribution in [0.4, 0.5) is 0 Å². The molecule has 0 saturated heterocycles. The Morgan fingerprint density at radius 1 is 1.55 bits per heavy atom. The second kappa shape index (κ2) is 3.89. The minimum absolute atomic E-state index is 0.152. The Balaban J connectivity index is 4.22. The lowest BCUT2D eigenvalue weighted by molar-refractivity contribution is 0.154. The Kier molecular flexibility index (Phi) is 3.77. The maximum atomic E-state index is 10.7. The lowest BCUT2D eigenvalue weighted by atomic mass is 9.90. The maximum Gasteiger partial charge on any atom is 0.153 e. The summed E-state index contributed by atoms with van der Waals surface area (Å²) in [7, 11) is 0. The first-order valence-electron chi connectivity index (χ1n) is 3.34. The smallest absolute Gasteiger partial charge is 0.153 e. The van der Waals surface area contributed by atoms with E-state index in [9.17, 15) is 4.21 Å². The Hall–Kier alpha value is -0.330. The summed E-state index contributed by atoms with van der Waals surface area (Å²) in [5, 5.41) is 0. The molecule has 0 N–H and O–H groups in total. The molecule has 11 heavy (non-hydrogen) atoms. The van der Waals surface area contributed by atoms with Gasteiger partial charge in [-0.1, -0.05) is 26.7 Å². The van der Waals surface area contributed by atoms with Crippen molar-refractivity contribution in [1.29, 1.82) is 0 Å². The highest BCUT2D eigenvalue weighted by Gasteiger charge is 2.24. The third kappa shape index (κ3) is 4.18. The Morgan fingerprint density at radius 2 is 2.00 bits per heavy atom. The molecule has 0 saturated carbocycles. The van der Waals surface area contributed by atoms with Crippen LogP contribution in [0.1, 0.15) is 20.8 Å². The lowest BCUT2D eigenvalue weighted by Crippen LogP contribution is -2.28. The molecule has 3 heteroatoms. The summed E-state index contributed by atoms with van der Waals surface area (Å²) >= 11 is -1.28. The molecule has 0 fully saturated rings. The average molecular weight is 174 g/mol. The molecule has 0 heterocycles. The monoisotopic (exact) mass is 174 g/mol. The van der Waals surface area contributed by atoms with Gasteiger partial charge in [-0.15, -0.1) is 6.42 Å². The molecule has 0 aromatic heterocycles. The Labute approximate surface area is 71.0 Å². The van der Waals surface area contributed by atoms with E-state index in [0.29, 0.717) is 0 Å². The van der Waals surface area contributed by atoms with Gasteiger partial charge in [-0.3, -0.25) is 4.18 Å². The van der Waals surface area contributed by atoms with Crippen LogP contribution >= 0.6 is 0 Å². The molecule has 0 rings (SSSR count). The molecular formula is C8H14O2S. The average Bonchev–Trinajstić information content (AvgIpc) is 1.79. The number of hydrogen-bond acceptors (Lipinski definition) is 2. The molecule has 1 unspecified atom stereocenters. The van der Waals surface area contributed by atoms with Gasteiger partial charge in [0.2, 0.25) is 0 Å². The Morgan fingerprint density at radius 3 is 2.09 bits per heavy atom. The van der Waals surface area contributed by atoms with Crippen LogP contribution in [0.3, 0.4) is 0 Å². The predicted molar refractivity (Wildman–Crippen MR) is 47.2 cm³/mol. The first-order valence-corrected chi connectivity index (χ1v) is 4.83. The van der Waals surface area contributed by atoms with E-state index >= 15 is 0 Å². The SMILES string of the molecule is C#C[C@H](OS(C)=O)C(C)(C)C. The predicted octanol–water partition coefficient (Wildman–Crippen LogP) is 1.34. The van der Waals surface area contributed by atoms with Crippen LogP contribution < -0.4 is 0 Å². The molecule has 0 aromatic carbocycles. The Bertz CT molecular complexity index is 185. The van der Waals surface area contributed by atoms with Crippen molar-refractivity contribution in [3.8, 4) is 12.3 Å². The molecule has 0 amide bonds. The van der Waals surface area contributed by atoms with Gasteiger partial charge in [0.15, 0.2) is 11.1 Å². The minimum atomic E-state index is -1.28. The quantitative estimate of drug-likeness (QED) is 0.591. The van der Waals surface area contributed by atoms with E-state index in [0.717, 1.165) is 0 Å². The molecule has 2 atom stereocenters. The van der Waals surface area contributed by atoms with Crippen molar-refractivity contribution >= 4 is 11.1 Å². The fraction of sp³-hybridized carbons (Fsp3) is 0.750. The highest BCUT2D eigenvalue weighted by Crippen LogP contribution is 2.21. The fourth-order valence-electron chi connectivity index (χ4n) is 0.558. The molecular weight excluding hydrogens is 160 g/mol. The molecule has 2 nitrogen and oxygen atoms in total. The summed E-state index contributed by atoms with van der Waals surface area (Å²) in [6.07, 6.45) is 6.28. The van der Waals surface area contributed by atoms with E-state index in [1.807, 2.05) is 20.8 Å². The first kappa shape index (κ1) is 10.7. The zero-order valence-electron chi connectivity index (χ0n) is 7.38. The van der Waals surface area contributed by atoms with Crippen molar-refractivity contribution in [3.05, 3.63) is 0 Å². The van der Waals surface area contributed by atoms with Crippen LogP contribution in [0.25, 0.3) is 0 Å². The summed E-state index contributed by atoms with van der Waals surface area (Å²) in [6.45, 7) is 5.85. The largest absolute Gasteiger partial charge is 0.274 e. The summed E-state index contributed by atoms with van der Waals surface area (Å²) < 4.78 is 15.7. The van der Waals surface area contributed by atoms with Gasteiger partial charge in [-0.2, -0.15) is 0 Å². The molecule has 0 aliphatic heterocycles. The van der Waals surface area contributed by atoms with E-state index in [4.69, 9.17) is 10.6 Å². The van der Waals surface area contributed by atoms with Gasteiger partial charge in [0.25, 0.3) is 0 Å². The second-order valence-electron chi connectivity index (χ2n) is 3.41. The van der Waals surface area contributed by atoms with Crippen LogP contribution in [0.5, 0.6) is 0 Å². The van der Waals surface area contributed by atoms with Crippen LogP contribution in [-0.4, -0.2) is 16.6 Å². The van der Waals surface area contributed by atoms with Gasteiger partial charge in [-0.05, 0) is 0 Å². The van der Waals surface area contributed by atoms with Crippen molar-refractivity contribution in [3.63, 3.8) is 0 Å². The topological polar surface area (TPSA) is 26.3 Å². The lowest BCUT2D eigenvalue weighted by Gasteiger charge is -2.24. The van der Waals surface area contributed by atoms with Gasteiger partial charge in [0.05, 0.1) is 0 Å². The fourth-order valence-corrected chi connectivity index (χ4v) is 1.17. The molecule has 0 spiro atoms. The van der Waals surface area contributed by atoms with Gasteiger partial charge >= 0.3 is 0 Å². The summed E-state index contributed by atoms with van der Waals surface area (Å²) in [4.78, 5) is 0. The van der Waals surface area contributed by atoms with Crippen LogP contribution in [0.2, 0.25) is 0 Å². The van der Waals surface area contributed by atoms with Crippen molar-refractivity contribution < 1.29 is 8.39 Å². The summed E-state index contributed by atoms with van der Waals surface area (Å²) in [6, 6.07) is 0. The van der Waals surface area contributed by atoms with E-state index in [1.165, 1.54) is 6.26 Å². The summed E-state index contributed by atoms with van der Waals surface area (Å²) in [5.41, 5.74) is -0.152. The van der Waals surface area contributed by atoms with Crippen LogP contribution in [0, 0.1) is 17.8 Å². The number of rotatable bonds is 2. The van der Waals surface area contributed by atoms with Crippen molar-refractivity contribution in [2.24, 2.45) is 5.41 Å².